The van der Waals surface area contributed by atoms with Crippen molar-refractivity contribution in [3.05, 3.63) is 29.6 Å². The Labute approximate surface area is 98.6 Å². The SMILES string of the molecule is O=S(=O)(Oc1ccc2sccc2c1)C(F)(F)F. The van der Waals surface area contributed by atoms with Crippen LogP contribution in [0.4, 0.5) is 13.2 Å². The first-order valence-electron chi connectivity index (χ1n) is 4.28. The Bertz CT molecular complexity index is 643. The second kappa shape index (κ2) is 3.88. The molecule has 0 unspecified atom stereocenters. The summed E-state index contributed by atoms with van der Waals surface area (Å²) in [7, 11) is -5.60. The number of alkyl halides is 3. The molecular formula is C9H5F3O3S2. The fourth-order valence-corrected chi connectivity index (χ4v) is 2.39. The number of rotatable bonds is 2. The first-order valence-corrected chi connectivity index (χ1v) is 6.56. The molecule has 0 atom stereocenters. The van der Waals surface area contributed by atoms with E-state index >= 15 is 0 Å². The van der Waals surface area contributed by atoms with Crippen molar-refractivity contribution in [1.82, 2.24) is 0 Å². The molecule has 0 fully saturated rings. The van der Waals surface area contributed by atoms with Gasteiger partial charge in [-0.15, -0.1) is 11.3 Å². The van der Waals surface area contributed by atoms with Gasteiger partial charge in [0.05, 0.1) is 0 Å². The number of thiophene rings is 1. The molecule has 0 N–H and O–H groups in total. The molecule has 0 bridgehead atoms. The Morgan fingerprint density at radius 2 is 1.88 bits per heavy atom. The number of fused-ring (bicyclic) bond motifs is 1. The highest BCUT2D eigenvalue weighted by Crippen LogP contribution is 2.30. The Kier molecular flexibility index (Phi) is 2.78. The molecule has 0 spiro atoms. The minimum atomic E-state index is -5.60. The van der Waals surface area contributed by atoms with Gasteiger partial charge >= 0.3 is 15.6 Å². The normalized spacial score (nSPS) is 12.9. The molecule has 0 radical (unpaired) electrons. The van der Waals surface area contributed by atoms with Gasteiger partial charge in [-0.2, -0.15) is 21.6 Å². The minimum absolute atomic E-state index is 0.353. The summed E-state index contributed by atoms with van der Waals surface area (Å²) in [6.07, 6.45) is 0. The second-order valence-electron chi connectivity index (χ2n) is 3.10. The van der Waals surface area contributed by atoms with Gasteiger partial charge in [0.1, 0.15) is 5.75 Å². The van der Waals surface area contributed by atoms with Crippen LogP contribution in [0.2, 0.25) is 0 Å². The molecule has 0 saturated heterocycles. The van der Waals surface area contributed by atoms with Gasteiger partial charge in [0.25, 0.3) is 0 Å². The maximum Gasteiger partial charge on any atom is 0.534 e. The zero-order chi connectivity index (χ0) is 12.7. The van der Waals surface area contributed by atoms with Crippen molar-refractivity contribution in [1.29, 1.82) is 0 Å². The van der Waals surface area contributed by atoms with Crippen molar-refractivity contribution in [2.24, 2.45) is 0 Å². The Hall–Kier alpha value is -1.28. The van der Waals surface area contributed by atoms with Gasteiger partial charge in [0, 0.05) is 4.70 Å². The fourth-order valence-electron chi connectivity index (χ4n) is 1.17. The summed E-state index contributed by atoms with van der Waals surface area (Å²) in [5, 5.41) is 2.37. The number of hydrogen-bond acceptors (Lipinski definition) is 4. The van der Waals surface area contributed by atoms with Gasteiger partial charge in [-0.25, -0.2) is 0 Å². The molecule has 2 aromatic rings. The molecule has 0 aliphatic rings. The van der Waals surface area contributed by atoms with Gasteiger partial charge < -0.3 is 4.18 Å². The molecule has 0 amide bonds. The fraction of sp³-hybridized carbons (Fsp3) is 0.111. The first-order chi connectivity index (χ1) is 7.79. The Balaban J connectivity index is 2.36. The van der Waals surface area contributed by atoms with Gasteiger partial charge in [-0.3, -0.25) is 0 Å². The number of halogens is 3. The van der Waals surface area contributed by atoms with E-state index < -0.39 is 15.6 Å². The van der Waals surface area contributed by atoms with E-state index in [0.717, 1.165) is 4.70 Å². The summed E-state index contributed by atoms with van der Waals surface area (Å²) < 4.78 is 62.5. The molecule has 2 rings (SSSR count). The highest BCUT2D eigenvalue weighted by Gasteiger charge is 2.48. The topological polar surface area (TPSA) is 43.4 Å². The van der Waals surface area contributed by atoms with Crippen LogP contribution >= 0.6 is 11.3 Å². The van der Waals surface area contributed by atoms with Crippen LogP contribution in [-0.2, 0) is 10.1 Å². The smallest absolute Gasteiger partial charge is 0.376 e. The molecular weight excluding hydrogens is 277 g/mol. The molecule has 0 aliphatic heterocycles. The monoisotopic (exact) mass is 282 g/mol. The lowest BCUT2D eigenvalue weighted by Crippen LogP contribution is -2.27. The summed E-state index contributed by atoms with van der Waals surface area (Å²) in [4.78, 5) is 0. The number of hydrogen-bond donors (Lipinski definition) is 0. The molecule has 1 aromatic carbocycles. The molecule has 8 heteroatoms. The van der Waals surface area contributed by atoms with E-state index in [2.05, 4.69) is 4.18 Å². The summed E-state index contributed by atoms with van der Waals surface area (Å²) in [5.74, 6) is -0.353. The van der Waals surface area contributed by atoms with Gasteiger partial charge in [0.2, 0.25) is 0 Å². The van der Waals surface area contributed by atoms with Crippen LogP contribution in [-0.4, -0.2) is 13.9 Å². The standard InChI is InChI=1S/C9H5F3O3S2/c10-9(11,12)17(13,14)15-7-1-2-8-6(5-7)3-4-16-8/h1-5H. The van der Waals surface area contributed by atoms with Crippen LogP contribution in [0.15, 0.2) is 29.6 Å². The van der Waals surface area contributed by atoms with Crippen molar-refractivity contribution in [3.63, 3.8) is 0 Å². The van der Waals surface area contributed by atoms with E-state index in [0.29, 0.717) is 5.39 Å². The summed E-state index contributed by atoms with van der Waals surface area (Å²) in [5.41, 5.74) is -5.42. The molecule has 1 heterocycles. The average molecular weight is 282 g/mol. The predicted molar refractivity (Wildman–Crippen MR) is 57.4 cm³/mol. The van der Waals surface area contributed by atoms with Crippen LogP contribution in [0.1, 0.15) is 0 Å². The maximum absolute atomic E-state index is 12.1. The summed E-state index contributed by atoms with van der Waals surface area (Å²) in [6, 6.07) is 5.59. The van der Waals surface area contributed by atoms with Crippen molar-refractivity contribution in [2.45, 2.75) is 5.51 Å². The lowest BCUT2D eigenvalue weighted by Gasteiger charge is -2.09. The summed E-state index contributed by atoms with van der Waals surface area (Å²) >= 11 is 1.39. The van der Waals surface area contributed by atoms with E-state index in [9.17, 15) is 21.6 Å². The third-order valence-electron chi connectivity index (χ3n) is 1.91. The van der Waals surface area contributed by atoms with Crippen molar-refractivity contribution < 1.29 is 25.8 Å². The molecule has 0 aliphatic carbocycles. The molecule has 1 aromatic heterocycles. The van der Waals surface area contributed by atoms with Crippen molar-refractivity contribution in [3.8, 4) is 5.75 Å². The summed E-state index contributed by atoms with van der Waals surface area (Å²) in [6.45, 7) is 0. The molecule has 17 heavy (non-hydrogen) atoms. The second-order valence-corrected chi connectivity index (χ2v) is 5.59. The van der Waals surface area contributed by atoms with Gasteiger partial charge in [0.15, 0.2) is 0 Å². The first kappa shape index (κ1) is 12.2. The van der Waals surface area contributed by atoms with Crippen LogP contribution in [0.3, 0.4) is 0 Å². The van der Waals surface area contributed by atoms with E-state index in [1.54, 1.807) is 11.4 Å². The van der Waals surface area contributed by atoms with E-state index in [1.165, 1.54) is 29.5 Å². The predicted octanol–water partition coefficient (Wildman–Crippen LogP) is 3.13. The largest absolute Gasteiger partial charge is 0.534 e. The van der Waals surface area contributed by atoms with E-state index in [-0.39, 0.29) is 5.75 Å². The number of benzene rings is 1. The minimum Gasteiger partial charge on any atom is -0.376 e. The van der Waals surface area contributed by atoms with Gasteiger partial charge in [-0.1, -0.05) is 0 Å². The Morgan fingerprint density at radius 1 is 1.18 bits per heavy atom. The maximum atomic E-state index is 12.1. The van der Waals surface area contributed by atoms with Gasteiger partial charge in [-0.05, 0) is 35.0 Å². The quantitative estimate of drug-likeness (QED) is 0.628. The van der Waals surface area contributed by atoms with E-state index in [4.69, 9.17) is 0 Å². The third kappa shape index (κ3) is 2.37. The van der Waals surface area contributed by atoms with E-state index in [1.807, 2.05) is 0 Å². The van der Waals surface area contributed by atoms with Crippen molar-refractivity contribution >= 4 is 31.5 Å². The highest BCUT2D eigenvalue weighted by molar-refractivity contribution is 7.88. The third-order valence-corrected chi connectivity index (χ3v) is 3.79. The Morgan fingerprint density at radius 3 is 2.53 bits per heavy atom. The molecule has 92 valence electrons. The van der Waals surface area contributed by atoms with Crippen LogP contribution in [0, 0.1) is 0 Å². The van der Waals surface area contributed by atoms with Crippen LogP contribution in [0.25, 0.3) is 10.1 Å². The zero-order valence-corrected chi connectivity index (χ0v) is 9.69. The lowest BCUT2D eigenvalue weighted by molar-refractivity contribution is -0.0500. The molecule has 3 nitrogen and oxygen atoms in total. The van der Waals surface area contributed by atoms with Crippen LogP contribution < -0.4 is 4.18 Å². The lowest BCUT2D eigenvalue weighted by atomic mass is 10.2. The molecule has 0 saturated carbocycles. The highest BCUT2D eigenvalue weighted by atomic mass is 32.2. The average Bonchev–Trinajstić information content (AvgIpc) is 2.62. The van der Waals surface area contributed by atoms with Crippen molar-refractivity contribution in [2.75, 3.05) is 0 Å². The van der Waals surface area contributed by atoms with Crippen LogP contribution in [0.5, 0.6) is 5.75 Å². The zero-order valence-electron chi connectivity index (χ0n) is 8.06.